The first kappa shape index (κ1) is 15.6. The van der Waals surface area contributed by atoms with Gasteiger partial charge in [0.2, 0.25) is 0 Å². The van der Waals surface area contributed by atoms with E-state index in [1.807, 2.05) is 0 Å². The molecule has 0 radical (unpaired) electrons. The van der Waals surface area contributed by atoms with Crippen molar-refractivity contribution < 1.29 is 4.79 Å². The molecule has 1 aliphatic heterocycles. The summed E-state index contributed by atoms with van der Waals surface area (Å²) in [6.07, 6.45) is 7.50. The SMILES string of the molecule is CC/C=C(\C)CN1CC[C@@H](CNC(=O)c2ccncn2)C1. The van der Waals surface area contributed by atoms with Crippen LogP contribution in [0.5, 0.6) is 0 Å². The Kier molecular flexibility index (Phi) is 5.87. The Morgan fingerprint density at radius 1 is 1.57 bits per heavy atom. The van der Waals surface area contributed by atoms with E-state index in [-0.39, 0.29) is 5.91 Å². The lowest BCUT2D eigenvalue weighted by molar-refractivity contribution is 0.0942. The molecule has 5 heteroatoms. The van der Waals surface area contributed by atoms with E-state index in [0.717, 1.165) is 39.0 Å². The largest absolute Gasteiger partial charge is 0.350 e. The average molecular weight is 288 g/mol. The number of carbonyl (C=O) groups is 1. The van der Waals surface area contributed by atoms with Crippen LogP contribution in [0.2, 0.25) is 0 Å². The molecule has 1 aromatic rings. The molecule has 0 saturated carbocycles. The van der Waals surface area contributed by atoms with Crippen molar-refractivity contribution in [1.82, 2.24) is 20.2 Å². The molecule has 1 amide bonds. The number of hydrogen-bond donors (Lipinski definition) is 1. The van der Waals surface area contributed by atoms with E-state index >= 15 is 0 Å². The third-order valence-corrected chi connectivity index (χ3v) is 3.76. The molecule has 1 N–H and O–H groups in total. The molecule has 1 atom stereocenters. The Labute approximate surface area is 126 Å². The maximum Gasteiger partial charge on any atom is 0.270 e. The zero-order chi connectivity index (χ0) is 15.1. The lowest BCUT2D eigenvalue weighted by Crippen LogP contribution is -2.31. The zero-order valence-corrected chi connectivity index (χ0v) is 12.9. The number of carbonyl (C=O) groups excluding carboxylic acids is 1. The quantitative estimate of drug-likeness (QED) is 0.812. The fourth-order valence-corrected chi connectivity index (χ4v) is 2.74. The summed E-state index contributed by atoms with van der Waals surface area (Å²) < 4.78 is 0. The molecule has 0 aromatic carbocycles. The molecule has 1 fully saturated rings. The van der Waals surface area contributed by atoms with Gasteiger partial charge in [-0.25, -0.2) is 9.97 Å². The molecular formula is C16H24N4O. The molecule has 114 valence electrons. The predicted octanol–water partition coefficient (Wildman–Crippen LogP) is 1.88. The van der Waals surface area contributed by atoms with Gasteiger partial charge in [0.05, 0.1) is 0 Å². The molecule has 1 aliphatic rings. The highest BCUT2D eigenvalue weighted by Gasteiger charge is 2.22. The number of amides is 1. The maximum atomic E-state index is 11.9. The molecule has 2 rings (SSSR count). The van der Waals surface area contributed by atoms with E-state index in [1.165, 1.54) is 11.9 Å². The first-order valence-electron chi connectivity index (χ1n) is 7.61. The van der Waals surface area contributed by atoms with Crippen LogP contribution >= 0.6 is 0 Å². The van der Waals surface area contributed by atoms with Crippen molar-refractivity contribution in [2.75, 3.05) is 26.2 Å². The van der Waals surface area contributed by atoms with Crippen molar-refractivity contribution in [1.29, 1.82) is 0 Å². The van der Waals surface area contributed by atoms with Gasteiger partial charge in [-0.1, -0.05) is 18.6 Å². The van der Waals surface area contributed by atoms with E-state index in [9.17, 15) is 4.79 Å². The number of nitrogens with one attached hydrogen (secondary N) is 1. The summed E-state index contributed by atoms with van der Waals surface area (Å²) in [5.74, 6) is 0.420. The van der Waals surface area contributed by atoms with Crippen molar-refractivity contribution in [3.63, 3.8) is 0 Å². The van der Waals surface area contributed by atoms with Crippen molar-refractivity contribution in [3.8, 4) is 0 Å². The van der Waals surface area contributed by atoms with Gasteiger partial charge in [-0.15, -0.1) is 0 Å². The van der Waals surface area contributed by atoms with Crippen molar-refractivity contribution in [2.45, 2.75) is 26.7 Å². The fourth-order valence-electron chi connectivity index (χ4n) is 2.74. The Bertz CT molecular complexity index is 486. The number of nitrogens with zero attached hydrogens (tertiary/aromatic N) is 3. The molecule has 0 unspecified atom stereocenters. The second-order valence-electron chi connectivity index (χ2n) is 5.65. The lowest BCUT2D eigenvalue weighted by atomic mass is 10.1. The van der Waals surface area contributed by atoms with E-state index in [2.05, 4.69) is 40.1 Å². The second kappa shape index (κ2) is 7.88. The smallest absolute Gasteiger partial charge is 0.270 e. The Morgan fingerprint density at radius 2 is 2.43 bits per heavy atom. The Balaban J connectivity index is 1.73. The van der Waals surface area contributed by atoms with Crippen LogP contribution in [0.3, 0.4) is 0 Å². The fraction of sp³-hybridized carbons (Fsp3) is 0.562. The summed E-state index contributed by atoms with van der Waals surface area (Å²) in [5, 5.41) is 2.97. The van der Waals surface area contributed by atoms with Gasteiger partial charge in [-0.2, -0.15) is 0 Å². The molecule has 1 aromatic heterocycles. The van der Waals surface area contributed by atoms with Gasteiger partial charge in [0.25, 0.3) is 5.91 Å². The van der Waals surface area contributed by atoms with Gasteiger partial charge in [-0.05, 0) is 38.3 Å². The van der Waals surface area contributed by atoms with Gasteiger partial charge in [0.15, 0.2) is 0 Å². The number of hydrogen-bond acceptors (Lipinski definition) is 4. The van der Waals surface area contributed by atoms with Crippen LogP contribution < -0.4 is 5.32 Å². The summed E-state index contributed by atoms with van der Waals surface area (Å²) in [5.41, 5.74) is 1.87. The maximum absolute atomic E-state index is 11.9. The van der Waals surface area contributed by atoms with Gasteiger partial charge in [-0.3, -0.25) is 9.69 Å². The van der Waals surface area contributed by atoms with Crippen molar-refractivity contribution in [2.24, 2.45) is 5.92 Å². The first-order chi connectivity index (χ1) is 10.2. The third kappa shape index (κ3) is 4.93. The highest BCUT2D eigenvalue weighted by molar-refractivity contribution is 5.92. The highest BCUT2D eigenvalue weighted by atomic mass is 16.1. The molecule has 21 heavy (non-hydrogen) atoms. The van der Waals surface area contributed by atoms with Gasteiger partial charge in [0, 0.05) is 25.8 Å². The molecule has 2 heterocycles. The van der Waals surface area contributed by atoms with Gasteiger partial charge in [0.1, 0.15) is 12.0 Å². The zero-order valence-electron chi connectivity index (χ0n) is 12.9. The molecular weight excluding hydrogens is 264 g/mol. The normalized spacial score (nSPS) is 19.7. The molecule has 1 saturated heterocycles. The Morgan fingerprint density at radius 3 is 3.14 bits per heavy atom. The number of aromatic nitrogens is 2. The molecule has 0 bridgehead atoms. The first-order valence-corrected chi connectivity index (χ1v) is 7.61. The summed E-state index contributed by atoms with van der Waals surface area (Å²) in [6, 6.07) is 1.63. The van der Waals surface area contributed by atoms with Crippen LogP contribution in [-0.4, -0.2) is 47.0 Å². The van der Waals surface area contributed by atoms with Crippen molar-refractivity contribution >= 4 is 5.91 Å². The van der Waals surface area contributed by atoms with Crippen LogP contribution in [0.15, 0.2) is 30.2 Å². The third-order valence-electron chi connectivity index (χ3n) is 3.76. The Hall–Kier alpha value is -1.75. The highest BCUT2D eigenvalue weighted by Crippen LogP contribution is 2.16. The monoisotopic (exact) mass is 288 g/mol. The van der Waals surface area contributed by atoms with E-state index < -0.39 is 0 Å². The van der Waals surface area contributed by atoms with E-state index in [0.29, 0.717) is 11.6 Å². The topological polar surface area (TPSA) is 58.1 Å². The molecule has 0 spiro atoms. The van der Waals surface area contributed by atoms with E-state index in [1.54, 1.807) is 12.3 Å². The predicted molar refractivity (Wildman–Crippen MR) is 83.0 cm³/mol. The van der Waals surface area contributed by atoms with Gasteiger partial charge >= 0.3 is 0 Å². The van der Waals surface area contributed by atoms with Crippen LogP contribution in [0.25, 0.3) is 0 Å². The summed E-state index contributed by atoms with van der Waals surface area (Å²) >= 11 is 0. The summed E-state index contributed by atoms with van der Waals surface area (Å²) in [7, 11) is 0. The van der Waals surface area contributed by atoms with E-state index in [4.69, 9.17) is 0 Å². The minimum Gasteiger partial charge on any atom is -0.350 e. The van der Waals surface area contributed by atoms with Gasteiger partial charge < -0.3 is 5.32 Å². The average Bonchev–Trinajstić information content (AvgIpc) is 2.93. The lowest BCUT2D eigenvalue weighted by Gasteiger charge is -2.16. The van der Waals surface area contributed by atoms with Crippen molar-refractivity contribution in [3.05, 3.63) is 35.9 Å². The van der Waals surface area contributed by atoms with Crippen LogP contribution in [0, 0.1) is 5.92 Å². The minimum absolute atomic E-state index is 0.113. The van der Waals surface area contributed by atoms with Crippen LogP contribution in [0.1, 0.15) is 37.2 Å². The summed E-state index contributed by atoms with van der Waals surface area (Å²) in [6.45, 7) is 8.29. The summed E-state index contributed by atoms with van der Waals surface area (Å²) in [4.78, 5) is 22.2. The second-order valence-corrected chi connectivity index (χ2v) is 5.65. The number of rotatable bonds is 6. The molecule has 0 aliphatic carbocycles. The van der Waals surface area contributed by atoms with Crippen LogP contribution in [0.4, 0.5) is 0 Å². The number of likely N-dealkylation sites (tertiary alicyclic amines) is 1. The minimum atomic E-state index is -0.113. The number of allylic oxidation sites excluding steroid dienone is 1. The molecule has 5 nitrogen and oxygen atoms in total. The van der Waals surface area contributed by atoms with Crippen LogP contribution in [-0.2, 0) is 0 Å². The standard InChI is InChI=1S/C16H24N4O/c1-3-4-13(2)10-20-8-6-14(11-20)9-18-16(21)15-5-7-17-12-19-15/h4-5,7,12,14H,3,6,8-11H2,1-2H3,(H,18,21)/b13-4+/t14-/m0/s1.